The van der Waals surface area contributed by atoms with Crippen LogP contribution in [0.15, 0.2) is 72.8 Å². The predicted octanol–water partition coefficient (Wildman–Crippen LogP) is 4.38. The topological polar surface area (TPSA) is 66.4 Å². The molecule has 2 N–H and O–H groups in total. The Labute approximate surface area is 163 Å². The van der Waals surface area contributed by atoms with Crippen molar-refractivity contribution in [3.8, 4) is 11.1 Å². The minimum atomic E-state index is -0.931. The summed E-state index contributed by atoms with van der Waals surface area (Å²) in [4.78, 5) is 23.3. The summed E-state index contributed by atoms with van der Waals surface area (Å²) in [6.07, 6.45) is 1.40. The van der Waals surface area contributed by atoms with E-state index in [4.69, 9.17) is 5.11 Å². The van der Waals surface area contributed by atoms with Crippen LogP contribution in [-0.4, -0.2) is 17.0 Å². The summed E-state index contributed by atoms with van der Waals surface area (Å²) in [7, 11) is 0. The molecule has 0 saturated heterocycles. The molecule has 28 heavy (non-hydrogen) atoms. The van der Waals surface area contributed by atoms with Crippen molar-refractivity contribution in [2.75, 3.05) is 0 Å². The molecule has 0 heterocycles. The van der Waals surface area contributed by atoms with Gasteiger partial charge in [0.25, 0.3) is 0 Å². The molecule has 3 aromatic rings. The first kappa shape index (κ1) is 18.0. The molecule has 1 aliphatic carbocycles. The van der Waals surface area contributed by atoms with Gasteiger partial charge in [-0.3, -0.25) is 4.79 Å². The van der Waals surface area contributed by atoms with Crippen LogP contribution in [0.4, 0.5) is 0 Å². The Morgan fingerprint density at radius 1 is 0.857 bits per heavy atom. The summed E-state index contributed by atoms with van der Waals surface area (Å²) < 4.78 is 0. The van der Waals surface area contributed by atoms with Gasteiger partial charge in [0.1, 0.15) is 0 Å². The molecule has 0 saturated carbocycles. The largest absolute Gasteiger partial charge is 0.478 e. The van der Waals surface area contributed by atoms with E-state index in [1.807, 2.05) is 36.4 Å². The first-order chi connectivity index (χ1) is 13.5. The standard InChI is InChI=1S/C24H21NO3/c1-16(26)25-24(15-14-17-10-12-18(13-11-17)23(27)28)21-8-4-2-6-19(21)20-7-3-5-9-22(20)24/h2-13H,14-15H2,1H3,(H,25,26)(H,27,28). The number of rotatable bonds is 5. The van der Waals surface area contributed by atoms with Crippen LogP contribution in [0.1, 0.15) is 40.4 Å². The molecule has 0 atom stereocenters. The van der Waals surface area contributed by atoms with Crippen LogP contribution in [-0.2, 0) is 16.8 Å². The van der Waals surface area contributed by atoms with Gasteiger partial charge in [-0.15, -0.1) is 0 Å². The molecule has 4 nitrogen and oxygen atoms in total. The number of amides is 1. The molecular formula is C24H21NO3. The third kappa shape index (κ3) is 2.97. The molecule has 0 bridgehead atoms. The second-order valence-electron chi connectivity index (χ2n) is 7.18. The third-order valence-corrected chi connectivity index (χ3v) is 5.44. The SMILES string of the molecule is CC(=O)NC1(CCc2ccc(C(=O)O)cc2)c2ccccc2-c2ccccc21. The Hall–Kier alpha value is -3.40. The molecular weight excluding hydrogens is 350 g/mol. The number of carboxylic acids is 1. The van der Waals surface area contributed by atoms with Gasteiger partial charge < -0.3 is 10.4 Å². The summed E-state index contributed by atoms with van der Waals surface area (Å²) in [6.45, 7) is 1.55. The van der Waals surface area contributed by atoms with E-state index < -0.39 is 11.5 Å². The predicted molar refractivity (Wildman–Crippen MR) is 108 cm³/mol. The van der Waals surface area contributed by atoms with Gasteiger partial charge >= 0.3 is 5.97 Å². The lowest BCUT2D eigenvalue weighted by Gasteiger charge is -2.33. The van der Waals surface area contributed by atoms with Gasteiger partial charge in [-0.2, -0.15) is 0 Å². The molecule has 0 fully saturated rings. The molecule has 1 amide bonds. The van der Waals surface area contributed by atoms with Crippen LogP contribution in [0.5, 0.6) is 0 Å². The van der Waals surface area contributed by atoms with Crippen molar-refractivity contribution >= 4 is 11.9 Å². The highest BCUT2D eigenvalue weighted by atomic mass is 16.4. The van der Waals surface area contributed by atoms with Crippen molar-refractivity contribution in [1.82, 2.24) is 5.32 Å². The highest BCUT2D eigenvalue weighted by Crippen LogP contribution is 2.49. The summed E-state index contributed by atoms with van der Waals surface area (Å²) >= 11 is 0. The zero-order valence-corrected chi connectivity index (χ0v) is 15.6. The number of hydrogen-bond donors (Lipinski definition) is 2. The van der Waals surface area contributed by atoms with Crippen LogP contribution >= 0.6 is 0 Å². The monoisotopic (exact) mass is 371 g/mol. The number of aromatic carboxylic acids is 1. The minimum Gasteiger partial charge on any atom is -0.478 e. The van der Waals surface area contributed by atoms with Crippen molar-refractivity contribution in [2.24, 2.45) is 0 Å². The van der Waals surface area contributed by atoms with Crippen LogP contribution in [0.25, 0.3) is 11.1 Å². The maximum absolute atomic E-state index is 12.2. The van der Waals surface area contributed by atoms with Crippen molar-refractivity contribution < 1.29 is 14.7 Å². The van der Waals surface area contributed by atoms with E-state index in [-0.39, 0.29) is 11.5 Å². The molecule has 0 aromatic heterocycles. The molecule has 0 aliphatic heterocycles. The van der Waals surface area contributed by atoms with Crippen LogP contribution in [0.3, 0.4) is 0 Å². The van der Waals surface area contributed by atoms with Gasteiger partial charge in [-0.05, 0) is 52.8 Å². The van der Waals surface area contributed by atoms with Gasteiger partial charge in [0.05, 0.1) is 11.1 Å². The van der Waals surface area contributed by atoms with Gasteiger partial charge in [0.15, 0.2) is 0 Å². The van der Waals surface area contributed by atoms with E-state index in [1.165, 1.54) is 0 Å². The van der Waals surface area contributed by atoms with Crippen LogP contribution in [0, 0.1) is 0 Å². The fourth-order valence-electron chi connectivity index (χ4n) is 4.24. The zero-order valence-electron chi connectivity index (χ0n) is 15.6. The molecule has 0 unspecified atom stereocenters. The normalized spacial score (nSPS) is 13.5. The Morgan fingerprint density at radius 3 is 1.89 bits per heavy atom. The van der Waals surface area contributed by atoms with Crippen molar-refractivity contribution in [3.05, 3.63) is 95.1 Å². The average Bonchev–Trinajstić information content (AvgIpc) is 2.97. The number of aryl methyl sites for hydroxylation is 1. The Balaban J connectivity index is 1.75. The van der Waals surface area contributed by atoms with Crippen molar-refractivity contribution in [3.63, 3.8) is 0 Å². The summed E-state index contributed by atoms with van der Waals surface area (Å²) in [5.74, 6) is -1.01. The first-order valence-corrected chi connectivity index (χ1v) is 9.32. The minimum absolute atomic E-state index is 0.0762. The number of benzene rings is 3. The number of carbonyl (C=O) groups is 2. The van der Waals surface area contributed by atoms with Gasteiger partial charge in [0.2, 0.25) is 5.91 Å². The van der Waals surface area contributed by atoms with Gasteiger partial charge in [0, 0.05) is 6.92 Å². The number of carboxylic acid groups (broad SMARTS) is 1. The second kappa shape index (κ2) is 6.97. The summed E-state index contributed by atoms with van der Waals surface area (Å²) in [5.41, 5.74) is 5.22. The highest BCUT2D eigenvalue weighted by molar-refractivity contribution is 5.87. The lowest BCUT2D eigenvalue weighted by atomic mass is 9.82. The first-order valence-electron chi connectivity index (χ1n) is 9.32. The Kier molecular flexibility index (Phi) is 4.47. The summed E-state index contributed by atoms with van der Waals surface area (Å²) in [5, 5.41) is 12.3. The number of nitrogens with one attached hydrogen (secondary N) is 1. The lowest BCUT2D eigenvalue weighted by molar-refractivity contribution is -0.120. The van der Waals surface area contributed by atoms with E-state index in [1.54, 1.807) is 19.1 Å². The van der Waals surface area contributed by atoms with Crippen LogP contribution in [0.2, 0.25) is 0 Å². The smallest absolute Gasteiger partial charge is 0.335 e. The molecule has 3 aromatic carbocycles. The highest BCUT2D eigenvalue weighted by Gasteiger charge is 2.43. The van der Waals surface area contributed by atoms with Gasteiger partial charge in [-0.1, -0.05) is 60.7 Å². The maximum Gasteiger partial charge on any atom is 0.335 e. The summed E-state index contributed by atoms with van der Waals surface area (Å²) in [6, 6.07) is 23.3. The molecule has 4 rings (SSSR count). The molecule has 0 spiro atoms. The maximum atomic E-state index is 12.2. The lowest BCUT2D eigenvalue weighted by Crippen LogP contribution is -2.45. The van der Waals surface area contributed by atoms with E-state index in [2.05, 4.69) is 29.6 Å². The van der Waals surface area contributed by atoms with E-state index in [9.17, 15) is 9.59 Å². The van der Waals surface area contributed by atoms with E-state index in [0.717, 1.165) is 27.8 Å². The number of fused-ring (bicyclic) bond motifs is 3. The van der Waals surface area contributed by atoms with Crippen LogP contribution < -0.4 is 5.32 Å². The second-order valence-corrected chi connectivity index (χ2v) is 7.18. The molecule has 140 valence electrons. The third-order valence-electron chi connectivity index (χ3n) is 5.44. The Bertz CT molecular complexity index is 1010. The fraction of sp³-hybridized carbons (Fsp3) is 0.167. The number of carbonyl (C=O) groups excluding carboxylic acids is 1. The Morgan fingerprint density at radius 2 is 1.39 bits per heavy atom. The molecule has 1 aliphatic rings. The van der Waals surface area contributed by atoms with Crippen molar-refractivity contribution in [2.45, 2.75) is 25.3 Å². The van der Waals surface area contributed by atoms with E-state index >= 15 is 0 Å². The molecule has 0 radical (unpaired) electrons. The molecule has 4 heteroatoms. The average molecular weight is 371 g/mol. The van der Waals surface area contributed by atoms with Crippen molar-refractivity contribution in [1.29, 1.82) is 0 Å². The van der Waals surface area contributed by atoms with Gasteiger partial charge in [-0.25, -0.2) is 4.79 Å². The number of hydrogen-bond acceptors (Lipinski definition) is 2. The zero-order chi connectivity index (χ0) is 19.7. The fourth-order valence-corrected chi connectivity index (χ4v) is 4.24. The van der Waals surface area contributed by atoms with E-state index in [0.29, 0.717) is 12.8 Å². The quantitative estimate of drug-likeness (QED) is 0.699.